The predicted molar refractivity (Wildman–Crippen MR) is 90.8 cm³/mol. The molecule has 0 spiro atoms. The van der Waals surface area contributed by atoms with E-state index in [9.17, 15) is 13.2 Å². The Morgan fingerprint density at radius 2 is 2.12 bits per heavy atom. The molecule has 1 aromatic carbocycles. The number of anilines is 1. The smallest absolute Gasteiger partial charge is 0.246 e. The molecule has 0 saturated heterocycles. The summed E-state index contributed by atoms with van der Waals surface area (Å²) in [7, 11) is -0.439. The van der Waals surface area contributed by atoms with Gasteiger partial charge in [-0.05, 0) is 31.2 Å². The second kappa shape index (κ2) is 7.12. The van der Waals surface area contributed by atoms with Crippen molar-refractivity contribution in [2.45, 2.75) is 24.3 Å². The van der Waals surface area contributed by atoms with Crippen molar-refractivity contribution in [3.63, 3.8) is 0 Å². The number of carbonyl (C=O) groups excluding carboxylic acids is 1. The number of nitrogens with two attached hydrogens (primary N) is 1. The third-order valence-electron chi connectivity index (χ3n) is 3.63. The van der Waals surface area contributed by atoms with Crippen molar-refractivity contribution >= 4 is 21.6 Å². The van der Waals surface area contributed by atoms with Crippen LogP contribution >= 0.6 is 0 Å². The Morgan fingerprint density at radius 1 is 1.42 bits per heavy atom. The van der Waals surface area contributed by atoms with Crippen molar-refractivity contribution in [1.29, 1.82) is 0 Å². The number of rotatable bonds is 6. The summed E-state index contributed by atoms with van der Waals surface area (Å²) in [6, 6.07) is 4.07. The summed E-state index contributed by atoms with van der Waals surface area (Å²) in [5, 5.41) is 14.9. The molecule has 24 heavy (non-hydrogen) atoms. The van der Waals surface area contributed by atoms with Crippen molar-refractivity contribution in [3.05, 3.63) is 41.7 Å². The maximum atomic E-state index is 12.5. The summed E-state index contributed by atoms with van der Waals surface area (Å²) in [4.78, 5) is 12.5. The van der Waals surface area contributed by atoms with Crippen molar-refractivity contribution in [1.82, 2.24) is 15.1 Å². The second-order valence-electron chi connectivity index (χ2n) is 5.38. The number of likely N-dealkylation sites (N-methyl/N-ethyl adjacent to an activating group) is 1. The van der Waals surface area contributed by atoms with Gasteiger partial charge >= 0.3 is 0 Å². The first kappa shape index (κ1) is 18.1. The SMILES string of the molecule is CCc1ccc(NC(=O)C(NC)c2cnn(C)c2)cc1S(N)(=O)=O. The molecule has 0 fully saturated rings. The van der Waals surface area contributed by atoms with E-state index in [-0.39, 0.29) is 10.8 Å². The first-order valence-electron chi connectivity index (χ1n) is 7.38. The van der Waals surface area contributed by atoms with Gasteiger partial charge in [0.25, 0.3) is 0 Å². The van der Waals surface area contributed by atoms with Crippen molar-refractivity contribution < 1.29 is 13.2 Å². The molecule has 1 heterocycles. The van der Waals surface area contributed by atoms with Gasteiger partial charge in [-0.15, -0.1) is 0 Å². The van der Waals surface area contributed by atoms with Gasteiger partial charge < -0.3 is 10.6 Å². The van der Waals surface area contributed by atoms with Crippen LogP contribution in [0.2, 0.25) is 0 Å². The fourth-order valence-electron chi connectivity index (χ4n) is 2.44. The minimum Gasteiger partial charge on any atom is -0.324 e. The number of nitrogens with zero attached hydrogens (tertiary/aromatic N) is 2. The number of aromatic nitrogens is 2. The number of sulfonamides is 1. The first-order valence-corrected chi connectivity index (χ1v) is 8.93. The topological polar surface area (TPSA) is 119 Å². The van der Waals surface area contributed by atoms with Crippen molar-refractivity contribution in [2.24, 2.45) is 12.2 Å². The quantitative estimate of drug-likeness (QED) is 0.701. The highest BCUT2D eigenvalue weighted by Gasteiger charge is 2.21. The second-order valence-corrected chi connectivity index (χ2v) is 6.91. The van der Waals surface area contributed by atoms with E-state index >= 15 is 0 Å². The number of hydrogen-bond acceptors (Lipinski definition) is 5. The van der Waals surface area contributed by atoms with E-state index in [1.54, 1.807) is 43.3 Å². The van der Waals surface area contributed by atoms with Crippen LogP contribution in [0.4, 0.5) is 5.69 Å². The Kier molecular flexibility index (Phi) is 5.37. The van der Waals surface area contributed by atoms with E-state index in [2.05, 4.69) is 15.7 Å². The molecule has 9 heteroatoms. The van der Waals surface area contributed by atoms with Crippen LogP contribution in [-0.4, -0.2) is 31.2 Å². The molecule has 2 aromatic rings. The van der Waals surface area contributed by atoms with Gasteiger partial charge in [-0.1, -0.05) is 13.0 Å². The van der Waals surface area contributed by atoms with Gasteiger partial charge in [0.15, 0.2) is 0 Å². The average Bonchev–Trinajstić information content (AvgIpc) is 2.93. The molecule has 4 N–H and O–H groups in total. The van der Waals surface area contributed by atoms with Crippen LogP contribution in [0.25, 0.3) is 0 Å². The zero-order valence-corrected chi connectivity index (χ0v) is 14.6. The van der Waals surface area contributed by atoms with Gasteiger partial charge in [-0.25, -0.2) is 13.6 Å². The Balaban J connectivity index is 2.28. The number of carbonyl (C=O) groups is 1. The maximum absolute atomic E-state index is 12.5. The predicted octanol–water partition coefficient (Wildman–Crippen LogP) is 0.529. The fraction of sp³-hybridized carbons (Fsp3) is 0.333. The number of benzene rings is 1. The fourth-order valence-corrected chi connectivity index (χ4v) is 3.31. The summed E-state index contributed by atoms with van der Waals surface area (Å²) in [6.45, 7) is 1.84. The zero-order chi connectivity index (χ0) is 17.9. The Bertz CT molecular complexity index is 845. The average molecular weight is 351 g/mol. The Labute approximate surface area is 141 Å². The molecule has 0 aliphatic heterocycles. The molecular weight excluding hydrogens is 330 g/mol. The lowest BCUT2D eigenvalue weighted by Crippen LogP contribution is -2.30. The lowest BCUT2D eigenvalue weighted by atomic mass is 10.1. The van der Waals surface area contributed by atoms with Gasteiger partial charge in [-0.2, -0.15) is 5.10 Å². The number of hydrogen-bond donors (Lipinski definition) is 3. The van der Waals surface area contributed by atoms with Gasteiger partial charge in [0.1, 0.15) is 6.04 Å². The lowest BCUT2D eigenvalue weighted by molar-refractivity contribution is -0.118. The number of amides is 1. The Morgan fingerprint density at radius 3 is 2.62 bits per heavy atom. The maximum Gasteiger partial charge on any atom is 0.246 e. The summed E-state index contributed by atoms with van der Waals surface area (Å²) >= 11 is 0. The van der Waals surface area contributed by atoms with E-state index in [0.717, 1.165) is 0 Å². The van der Waals surface area contributed by atoms with Crippen molar-refractivity contribution in [3.8, 4) is 0 Å². The van der Waals surface area contributed by atoms with Crippen LogP contribution in [0.5, 0.6) is 0 Å². The molecule has 130 valence electrons. The number of primary sulfonamides is 1. The molecule has 8 nitrogen and oxygen atoms in total. The third-order valence-corrected chi connectivity index (χ3v) is 4.62. The molecule has 1 aromatic heterocycles. The molecular formula is C15H21N5O3S. The van der Waals surface area contributed by atoms with E-state index < -0.39 is 16.1 Å². The monoisotopic (exact) mass is 351 g/mol. The normalized spacial score (nSPS) is 12.8. The van der Waals surface area contributed by atoms with Gasteiger partial charge in [0, 0.05) is 24.5 Å². The highest BCUT2D eigenvalue weighted by Crippen LogP contribution is 2.22. The van der Waals surface area contributed by atoms with Gasteiger partial charge in [-0.3, -0.25) is 9.48 Å². The van der Waals surface area contributed by atoms with Gasteiger partial charge in [0.05, 0.1) is 11.1 Å². The zero-order valence-electron chi connectivity index (χ0n) is 13.8. The molecule has 0 aliphatic carbocycles. The van der Waals surface area contributed by atoms with Crippen LogP contribution in [0.15, 0.2) is 35.5 Å². The Hall–Kier alpha value is -2.23. The molecule has 0 saturated carbocycles. The highest BCUT2D eigenvalue weighted by molar-refractivity contribution is 7.89. The first-order chi connectivity index (χ1) is 11.3. The van der Waals surface area contributed by atoms with E-state index in [4.69, 9.17) is 5.14 Å². The molecule has 0 radical (unpaired) electrons. The van der Waals surface area contributed by atoms with E-state index in [0.29, 0.717) is 23.2 Å². The molecule has 1 unspecified atom stereocenters. The summed E-state index contributed by atoms with van der Waals surface area (Å²) in [5.41, 5.74) is 1.67. The minimum absolute atomic E-state index is 0.0187. The lowest BCUT2D eigenvalue weighted by Gasteiger charge is -2.15. The largest absolute Gasteiger partial charge is 0.324 e. The number of nitrogens with one attached hydrogen (secondary N) is 2. The van der Waals surface area contributed by atoms with Crippen LogP contribution in [0.3, 0.4) is 0 Å². The number of aryl methyl sites for hydroxylation is 2. The molecule has 0 bridgehead atoms. The van der Waals surface area contributed by atoms with Crippen LogP contribution in [0.1, 0.15) is 24.1 Å². The van der Waals surface area contributed by atoms with Crippen LogP contribution in [0, 0.1) is 0 Å². The summed E-state index contributed by atoms with van der Waals surface area (Å²) in [5.74, 6) is -0.324. The molecule has 0 aliphatic rings. The van der Waals surface area contributed by atoms with E-state index in [1.807, 2.05) is 6.92 Å². The van der Waals surface area contributed by atoms with Gasteiger partial charge in [0.2, 0.25) is 15.9 Å². The highest BCUT2D eigenvalue weighted by atomic mass is 32.2. The van der Waals surface area contributed by atoms with E-state index in [1.165, 1.54) is 6.07 Å². The summed E-state index contributed by atoms with van der Waals surface area (Å²) in [6.07, 6.45) is 3.85. The van der Waals surface area contributed by atoms with Crippen molar-refractivity contribution in [2.75, 3.05) is 12.4 Å². The summed E-state index contributed by atoms with van der Waals surface area (Å²) < 4.78 is 25.0. The van der Waals surface area contributed by atoms with Crippen LogP contribution < -0.4 is 15.8 Å². The minimum atomic E-state index is -3.86. The van der Waals surface area contributed by atoms with Crippen LogP contribution in [-0.2, 0) is 28.3 Å². The molecule has 2 rings (SSSR count). The third kappa shape index (κ3) is 3.99. The molecule has 1 amide bonds. The molecule has 1 atom stereocenters. The standard InChI is InChI=1S/C15H21N5O3S/c1-4-10-5-6-12(7-13(10)24(16,22)23)19-15(21)14(17-2)11-8-18-20(3)9-11/h5-9,14,17H,4H2,1-3H3,(H,19,21)(H2,16,22,23).